The number of ether oxygens (including phenoxy) is 1. The van der Waals surface area contributed by atoms with Gasteiger partial charge in [0.05, 0.1) is 6.54 Å². The van der Waals surface area contributed by atoms with Crippen LogP contribution in [0.2, 0.25) is 0 Å². The van der Waals surface area contributed by atoms with Crippen LogP contribution in [-0.2, 0) is 4.74 Å². The van der Waals surface area contributed by atoms with E-state index in [4.69, 9.17) is 17.0 Å². The van der Waals surface area contributed by atoms with E-state index in [9.17, 15) is 4.79 Å². The largest absolute Gasteiger partial charge is 0.448 e. The number of hydrogen-bond donors (Lipinski definition) is 0. The molecule has 0 aromatic rings. The van der Waals surface area contributed by atoms with Crippen molar-refractivity contribution < 1.29 is 9.53 Å². The Labute approximate surface area is 112 Å². The molecule has 2 rings (SSSR count). The normalized spacial score (nSPS) is 19.9. The SMILES string of the molecule is O=C1OCCN1CCCSC(=S)N1CCCC1. The predicted molar refractivity (Wildman–Crippen MR) is 73.4 cm³/mol. The van der Waals surface area contributed by atoms with Gasteiger partial charge in [0.1, 0.15) is 10.9 Å². The van der Waals surface area contributed by atoms with Gasteiger partial charge in [0.15, 0.2) is 0 Å². The van der Waals surface area contributed by atoms with E-state index >= 15 is 0 Å². The molecule has 1 amide bonds. The lowest BCUT2D eigenvalue weighted by molar-refractivity contribution is 0.158. The fourth-order valence-electron chi connectivity index (χ4n) is 2.03. The molecule has 2 aliphatic rings. The number of thioether (sulfide) groups is 1. The Morgan fingerprint density at radius 1 is 1.35 bits per heavy atom. The molecular formula is C11H18N2O2S2. The molecule has 0 N–H and O–H groups in total. The van der Waals surface area contributed by atoms with Gasteiger partial charge in [-0.1, -0.05) is 24.0 Å². The molecule has 0 aromatic heterocycles. The fourth-order valence-corrected chi connectivity index (χ4v) is 3.28. The van der Waals surface area contributed by atoms with Crippen molar-refractivity contribution in [1.29, 1.82) is 0 Å². The number of hydrogen-bond acceptors (Lipinski definition) is 4. The van der Waals surface area contributed by atoms with E-state index in [1.165, 1.54) is 12.8 Å². The van der Waals surface area contributed by atoms with Crippen molar-refractivity contribution in [2.24, 2.45) is 0 Å². The highest BCUT2D eigenvalue weighted by Crippen LogP contribution is 2.17. The van der Waals surface area contributed by atoms with Crippen LogP contribution in [0.3, 0.4) is 0 Å². The molecular weight excluding hydrogens is 256 g/mol. The van der Waals surface area contributed by atoms with Crippen LogP contribution in [0.1, 0.15) is 19.3 Å². The van der Waals surface area contributed by atoms with Gasteiger partial charge in [-0.05, 0) is 19.3 Å². The summed E-state index contributed by atoms with van der Waals surface area (Å²) in [5, 5.41) is 0. The van der Waals surface area contributed by atoms with Gasteiger partial charge in [-0.2, -0.15) is 0 Å². The first kappa shape index (κ1) is 13.0. The van der Waals surface area contributed by atoms with Crippen molar-refractivity contribution in [3.05, 3.63) is 0 Å². The van der Waals surface area contributed by atoms with Gasteiger partial charge in [-0.3, -0.25) is 0 Å². The van der Waals surface area contributed by atoms with Gasteiger partial charge >= 0.3 is 6.09 Å². The van der Waals surface area contributed by atoms with Crippen molar-refractivity contribution in [3.63, 3.8) is 0 Å². The van der Waals surface area contributed by atoms with Gasteiger partial charge in [0, 0.05) is 25.4 Å². The third-order valence-electron chi connectivity index (χ3n) is 3.01. The van der Waals surface area contributed by atoms with E-state index in [2.05, 4.69) is 4.90 Å². The van der Waals surface area contributed by atoms with E-state index in [1.54, 1.807) is 16.7 Å². The third-order valence-corrected chi connectivity index (χ3v) is 4.62. The zero-order valence-electron chi connectivity index (χ0n) is 9.89. The molecule has 0 spiro atoms. The summed E-state index contributed by atoms with van der Waals surface area (Å²) >= 11 is 7.11. The summed E-state index contributed by atoms with van der Waals surface area (Å²) in [4.78, 5) is 15.2. The van der Waals surface area contributed by atoms with Crippen LogP contribution < -0.4 is 0 Å². The third kappa shape index (κ3) is 3.74. The molecule has 0 saturated carbocycles. The predicted octanol–water partition coefficient (Wildman–Crippen LogP) is 1.94. The lowest BCUT2D eigenvalue weighted by Crippen LogP contribution is -2.26. The summed E-state index contributed by atoms with van der Waals surface area (Å²) in [6.45, 7) is 4.29. The second-order valence-electron chi connectivity index (χ2n) is 4.26. The first-order valence-electron chi connectivity index (χ1n) is 6.11. The maximum atomic E-state index is 11.2. The van der Waals surface area contributed by atoms with Crippen molar-refractivity contribution in [3.8, 4) is 0 Å². The lowest BCUT2D eigenvalue weighted by Gasteiger charge is -2.18. The van der Waals surface area contributed by atoms with E-state index in [0.717, 1.165) is 42.7 Å². The number of nitrogens with zero attached hydrogens (tertiary/aromatic N) is 2. The molecule has 0 aromatic carbocycles. The number of carbonyl (C=O) groups excluding carboxylic acids is 1. The minimum absolute atomic E-state index is 0.169. The number of carbonyl (C=O) groups is 1. The van der Waals surface area contributed by atoms with Crippen molar-refractivity contribution >= 4 is 34.4 Å². The number of rotatable bonds is 4. The monoisotopic (exact) mass is 274 g/mol. The van der Waals surface area contributed by atoms with Crippen molar-refractivity contribution in [1.82, 2.24) is 9.80 Å². The topological polar surface area (TPSA) is 32.8 Å². The number of thiocarbonyl (C=S) groups is 1. The van der Waals surface area contributed by atoms with Gasteiger partial charge in [0.25, 0.3) is 0 Å². The Hall–Kier alpha value is -0.490. The van der Waals surface area contributed by atoms with Crippen LogP contribution in [0.5, 0.6) is 0 Å². The van der Waals surface area contributed by atoms with Gasteiger partial charge in [-0.25, -0.2) is 4.79 Å². The molecule has 2 aliphatic heterocycles. The number of amides is 1. The van der Waals surface area contributed by atoms with Crippen molar-refractivity contribution in [2.75, 3.05) is 38.5 Å². The summed E-state index contributed by atoms with van der Waals surface area (Å²) in [7, 11) is 0. The molecule has 0 atom stereocenters. The van der Waals surface area contributed by atoms with Crippen LogP contribution in [0, 0.1) is 0 Å². The highest BCUT2D eigenvalue weighted by Gasteiger charge is 2.21. The Balaban J connectivity index is 1.56. The average molecular weight is 274 g/mol. The van der Waals surface area contributed by atoms with E-state index in [-0.39, 0.29) is 6.09 Å². The van der Waals surface area contributed by atoms with E-state index < -0.39 is 0 Å². The Kier molecular flexibility index (Phi) is 4.91. The standard InChI is InChI=1S/C11H18N2O2S2/c14-10-12(7-8-15-10)6-3-9-17-11(16)13-4-1-2-5-13/h1-9H2. The van der Waals surface area contributed by atoms with E-state index in [1.807, 2.05) is 0 Å². The molecule has 2 saturated heterocycles. The molecule has 0 unspecified atom stereocenters. The highest BCUT2D eigenvalue weighted by molar-refractivity contribution is 8.22. The summed E-state index contributed by atoms with van der Waals surface area (Å²) < 4.78 is 5.89. The fraction of sp³-hybridized carbons (Fsp3) is 0.818. The summed E-state index contributed by atoms with van der Waals surface area (Å²) in [5.74, 6) is 0.985. The van der Waals surface area contributed by atoms with Gasteiger partial charge < -0.3 is 14.5 Å². The maximum Gasteiger partial charge on any atom is 0.409 e. The maximum absolute atomic E-state index is 11.2. The smallest absolute Gasteiger partial charge is 0.409 e. The summed E-state index contributed by atoms with van der Waals surface area (Å²) in [6, 6.07) is 0. The van der Waals surface area contributed by atoms with Gasteiger partial charge in [-0.15, -0.1) is 0 Å². The van der Waals surface area contributed by atoms with Crippen LogP contribution >= 0.6 is 24.0 Å². The van der Waals surface area contributed by atoms with Gasteiger partial charge in [0.2, 0.25) is 0 Å². The summed E-state index contributed by atoms with van der Waals surface area (Å²) in [6.07, 6.45) is 3.34. The zero-order chi connectivity index (χ0) is 12.1. The van der Waals surface area contributed by atoms with Crippen molar-refractivity contribution in [2.45, 2.75) is 19.3 Å². The minimum atomic E-state index is -0.169. The minimum Gasteiger partial charge on any atom is -0.448 e. The van der Waals surface area contributed by atoms with Crippen LogP contribution in [0.25, 0.3) is 0 Å². The summed E-state index contributed by atoms with van der Waals surface area (Å²) in [5.41, 5.74) is 0. The second-order valence-corrected chi connectivity index (χ2v) is 5.99. The molecule has 2 fully saturated rings. The first-order valence-corrected chi connectivity index (χ1v) is 7.50. The Morgan fingerprint density at radius 2 is 2.12 bits per heavy atom. The molecule has 0 aliphatic carbocycles. The van der Waals surface area contributed by atoms with Crippen LogP contribution in [-0.4, -0.2) is 58.8 Å². The average Bonchev–Trinajstić information content (AvgIpc) is 2.96. The van der Waals surface area contributed by atoms with Crippen LogP contribution in [0.4, 0.5) is 4.79 Å². The Morgan fingerprint density at radius 3 is 2.76 bits per heavy atom. The van der Waals surface area contributed by atoms with E-state index in [0.29, 0.717) is 6.61 Å². The van der Waals surface area contributed by atoms with Crippen LogP contribution in [0.15, 0.2) is 0 Å². The Bertz CT molecular complexity index is 293. The zero-order valence-corrected chi connectivity index (χ0v) is 11.5. The number of likely N-dealkylation sites (tertiary alicyclic amines) is 1. The first-order chi connectivity index (χ1) is 8.27. The molecule has 6 heteroatoms. The lowest BCUT2D eigenvalue weighted by atomic mass is 10.4. The molecule has 0 radical (unpaired) electrons. The molecule has 4 nitrogen and oxygen atoms in total. The molecule has 96 valence electrons. The highest BCUT2D eigenvalue weighted by atomic mass is 32.2. The molecule has 0 bridgehead atoms. The molecule has 2 heterocycles. The number of cyclic esters (lactones) is 1. The molecule has 17 heavy (non-hydrogen) atoms. The second kappa shape index (κ2) is 6.44. The quantitative estimate of drug-likeness (QED) is 0.578.